The smallest absolute Gasteiger partial charge is 0.264 e. The number of phenolic OH excluding ortho intramolecular Hbond substituents is 1. The van der Waals surface area contributed by atoms with E-state index in [1.165, 1.54) is 17.0 Å². The molecule has 0 fully saturated rings. The van der Waals surface area contributed by atoms with E-state index in [-0.39, 0.29) is 11.3 Å². The van der Waals surface area contributed by atoms with E-state index in [1.54, 1.807) is 36.4 Å². The Morgan fingerprint density at radius 2 is 1.79 bits per heavy atom. The molecule has 0 radical (unpaired) electrons. The second-order valence-electron chi connectivity index (χ2n) is 5.95. The first kappa shape index (κ1) is 16.2. The molecule has 0 spiro atoms. The highest BCUT2D eigenvalue weighted by atomic mass is 16.3. The average molecular weight is 325 g/mol. The minimum absolute atomic E-state index is 0.102. The van der Waals surface area contributed by atoms with Crippen molar-refractivity contribution in [3.63, 3.8) is 0 Å². The lowest BCUT2D eigenvalue weighted by Crippen LogP contribution is -2.42. The molecule has 1 amide bonds. The van der Waals surface area contributed by atoms with Crippen molar-refractivity contribution >= 4 is 17.4 Å². The topological polar surface area (TPSA) is 77.8 Å². The number of ketones is 1. The molecular weight excluding hydrogens is 306 g/mol. The number of Topliss-reactive ketones (excluding diaryl/α,β-unsaturated/α-hetero) is 1. The molecule has 124 valence electrons. The number of aliphatic hydroxyl groups is 1. The van der Waals surface area contributed by atoms with Crippen LogP contribution in [0.3, 0.4) is 0 Å². The quantitative estimate of drug-likeness (QED) is 0.828. The lowest BCUT2D eigenvalue weighted by atomic mass is 9.88. The zero-order chi connectivity index (χ0) is 17.3. The zero-order valence-corrected chi connectivity index (χ0v) is 13.4. The number of anilines is 1. The second-order valence-corrected chi connectivity index (χ2v) is 5.95. The van der Waals surface area contributed by atoms with E-state index in [9.17, 15) is 19.8 Å². The first-order valence-corrected chi connectivity index (χ1v) is 7.94. The lowest BCUT2D eigenvalue weighted by Gasteiger charge is -2.22. The summed E-state index contributed by atoms with van der Waals surface area (Å²) in [5, 5.41) is 20.9. The van der Waals surface area contributed by atoms with Gasteiger partial charge >= 0.3 is 0 Å². The Balaban J connectivity index is 1.99. The van der Waals surface area contributed by atoms with E-state index >= 15 is 0 Å². The van der Waals surface area contributed by atoms with Crippen LogP contribution in [0.4, 0.5) is 5.69 Å². The molecule has 3 rings (SSSR count). The molecule has 2 aromatic carbocycles. The van der Waals surface area contributed by atoms with E-state index in [4.69, 9.17) is 0 Å². The fraction of sp³-hybridized carbons (Fsp3) is 0.263. The summed E-state index contributed by atoms with van der Waals surface area (Å²) in [6.45, 7) is 2.42. The van der Waals surface area contributed by atoms with Gasteiger partial charge in [-0.3, -0.25) is 9.59 Å². The van der Waals surface area contributed by atoms with Gasteiger partial charge in [0, 0.05) is 12.1 Å². The minimum Gasteiger partial charge on any atom is -0.507 e. The molecule has 1 aliphatic heterocycles. The molecule has 0 aliphatic carbocycles. The summed E-state index contributed by atoms with van der Waals surface area (Å²) in [4.78, 5) is 26.9. The molecule has 1 unspecified atom stereocenters. The van der Waals surface area contributed by atoms with E-state index < -0.39 is 23.7 Å². The number of rotatable bonds is 5. The molecule has 24 heavy (non-hydrogen) atoms. The van der Waals surface area contributed by atoms with Crippen molar-refractivity contribution in [2.24, 2.45) is 0 Å². The van der Waals surface area contributed by atoms with Crippen LogP contribution in [0.25, 0.3) is 0 Å². The van der Waals surface area contributed by atoms with Gasteiger partial charge in [0.2, 0.25) is 0 Å². The zero-order valence-electron chi connectivity index (χ0n) is 13.4. The third kappa shape index (κ3) is 2.47. The normalized spacial score (nSPS) is 19.4. The molecule has 5 nitrogen and oxygen atoms in total. The number of phenols is 1. The number of fused-ring (bicyclic) bond motifs is 1. The number of hydrogen-bond acceptors (Lipinski definition) is 4. The van der Waals surface area contributed by atoms with Gasteiger partial charge in [0.05, 0.1) is 17.7 Å². The molecule has 2 N–H and O–H groups in total. The Morgan fingerprint density at radius 3 is 2.50 bits per heavy atom. The monoisotopic (exact) mass is 325 g/mol. The number of aromatic hydroxyl groups is 1. The number of hydrogen-bond donors (Lipinski definition) is 2. The average Bonchev–Trinajstić information content (AvgIpc) is 2.78. The van der Waals surface area contributed by atoms with Crippen LogP contribution in [0, 0.1) is 0 Å². The number of benzene rings is 2. The predicted octanol–water partition coefficient (Wildman–Crippen LogP) is 2.61. The van der Waals surface area contributed by atoms with Crippen molar-refractivity contribution in [2.75, 3.05) is 11.4 Å². The Bertz CT molecular complexity index is 801. The van der Waals surface area contributed by atoms with Crippen molar-refractivity contribution in [3.8, 4) is 5.75 Å². The van der Waals surface area contributed by atoms with Crippen molar-refractivity contribution < 1.29 is 19.8 Å². The van der Waals surface area contributed by atoms with E-state index in [0.29, 0.717) is 17.8 Å². The van der Waals surface area contributed by atoms with E-state index in [1.807, 2.05) is 6.92 Å². The van der Waals surface area contributed by atoms with Gasteiger partial charge < -0.3 is 15.1 Å². The highest BCUT2D eigenvalue weighted by molar-refractivity contribution is 6.11. The largest absolute Gasteiger partial charge is 0.507 e. The van der Waals surface area contributed by atoms with Crippen LogP contribution >= 0.6 is 0 Å². The summed E-state index contributed by atoms with van der Waals surface area (Å²) in [6, 6.07) is 13.1. The van der Waals surface area contributed by atoms with Crippen LogP contribution in [-0.2, 0) is 10.4 Å². The standard InChI is InChI=1S/C19H19NO4/c1-2-11-20-15-9-5-4-8-14(15)19(24,18(20)23)12-17(22)13-7-3-6-10-16(13)21/h3-10,21,24H,2,11-12H2,1H3. The fourth-order valence-electron chi connectivity index (χ4n) is 3.16. The maximum absolute atomic E-state index is 12.8. The Morgan fingerprint density at radius 1 is 1.12 bits per heavy atom. The van der Waals surface area contributed by atoms with Crippen molar-refractivity contribution in [1.82, 2.24) is 0 Å². The van der Waals surface area contributed by atoms with Crippen molar-refractivity contribution in [2.45, 2.75) is 25.4 Å². The van der Waals surface area contributed by atoms with Gasteiger partial charge in [0.15, 0.2) is 11.4 Å². The van der Waals surface area contributed by atoms with Crippen LogP contribution in [0.5, 0.6) is 5.75 Å². The first-order chi connectivity index (χ1) is 11.5. The highest BCUT2D eigenvalue weighted by Gasteiger charge is 2.50. The molecule has 0 aromatic heterocycles. The summed E-state index contributed by atoms with van der Waals surface area (Å²) in [5.74, 6) is -1.12. The number of carbonyl (C=O) groups is 2. The molecule has 0 saturated heterocycles. The van der Waals surface area contributed by atoms with Crippen LogP contribution in [0.1, 0.15) is 35.7 Å². The number of nitrogens with zero attached hydrogens (tertiary/aromatic N) is 1. The number of carbonyl (C=O) groups excluding carboxylic acids is 2. The predicted molar refractivity (Wildman–Crippen MR) is 90.0 cm³/mol. The highest BCUT2D eigenvalue weighted by Crippen LogP contribution is 2.43. The van der Waals surface area contributed by atoms with E-state index in [2.05, 4.69) is 0 Å². The maximum Gasteiger partial charge on any atom is 0.264 e. The van der Waals surface area contributed by atoms with Gasteiger partial charge in [0.25, 0.3) is 5.91 Å². The Labute approximate surface area is 140 Å². The van der Waals surface area contributed by atoms with Gasteiger partial charge in [0.1, 0.15) is 5.75 Å². The maximum atomic E-state index is 12.8. The third-order valence-electron chi connectivity index (χ3n) is 4.31. The summed E-state index contributed by atoms with van der Waals surface area (Å²) in [7, 11) is 0. The van der Waals surface area contributed by atoms with Gasteiger partial charge in [-0.25, -0.2) is 0 Å². The first-order valence-electron chi connectivity index (χ1n) is 7.94. The fourth-order valence-corrected chi connectivity index (χ4v) is 3.16. The minimum atomic E-state index is -1.90. The molecular formula is C19H19NO4. The van der Waals surface area contributed by atoms with Gasteiger partial charge in [-0.05, 0) is 24.6 Å². The van der Waals surface area contributed by atoms with Crippen LogP contribution < -0.4 is 4.90 Å². The molecule has 5 heteroatoms. The second kappa shape index (κ2) is 6.09. The van der Waals surface area contributed by atoms with Gasteiger partial charge in [-0.2, -0.15) is 0 Å². The molecule has 0 saturated carbocycles. The molecule has 2 aromatic rings. The van der Waals surface area contributed by atoms with Crippen LogP contribution in [0.2, 0.25) is 0 Å². The van der Waals surface area contributed by atoms with Gasteiger partial charge in [-0.1, -0.05) is 37.3 Å². The Hall–Kier alpha value is -2.66. The summed E-state index contributed by atoms with van der Waals surface area (Å²) in [6.07, 6.45) is 0.338. The summed E-state index contributed by atoms with van der Waals surface area (Å²) < 4.78 is 0. The van der Waals surface area contributed by atoms with Crippen LogP contribution in [0.15, 0.2) is 48.5 Å². The summed E-state index contributed by atoms with van der Waals surface area (Å²) >= 11 is 0. The third-order valence-corrected chi connectivity index (χ3v) is 4.31. The SMILES string of the molecule is CCCN1C(=O)C(O)(CC(=O)c2ccccc2O)c2ccccc21. The van der Waals surface area contributed by atoms with Gasteiger partial charge in [-0.15, -0.1) is 0 Å². The Kier molecular flexibility index (Phi) is 4.11. The lowest BCUT2D eigenvalue weighted by molar-refractivity contribution is -0.135. The molecule has 1 aliphatic rings. The molecule has 1 heterocycles. The van der Waals surface area contributed by atoms with Crippen LogP contribution in [-0.4, -0.2) is 28.4 Å². The summed E-state index contributed by atoms with van der Waals surface area (Å²) in [5.41, 5.74) is -0.722. The van der Waals surface area contributed by atoms with E-state index in [0.717, 1.165) is 6.42 Å². The molecule has 1 atom stereocenters. The number of para-hydroxylation sites is 2. The molecule has 0 bridgehead atoms. The number of amides is 1. The van der Waals surface area contributed by atoms with Crippen molar-refractivity contribution in [1.29, 1.82) is 0 Å². The van der Waals surface area contributed by atoms with Crippen molar-refractivity contribution in [3.05, 3.63) is 59.7 Å².